The van der Waals surface area contributed by atoms with Crippen molar-refractivity contribution >= 4 is 5.91 Å². The van der Waals surface area contributed by atoms with Gasteiger partial charge in [0, 0.05) is 6.42 Å². The molecule has 2 aliphatic rings. The number of rotatable bonds is 63. The Labute approximate surface area is 533 Å². The number of allylic oxidation sites excluding steroid dienone is 1. The highest BCUT2D eigenvalue weighted by Crippen LogP contribution is 2.30. The molecule has 14 heteroatoms. The standard InChI is InChI=1S/C73H141NO13/c1-3-5-7-9-11-13-15-17-19-21-23-25-27-28-29-30-31-32-33-34-35-37-39-41-43-45-47-49-51-53-55-57-65(78)74-61(60-84-72-70(83)68(81)71(64(59-76)86-72)87-73-69(82)67(80)66(79)63(58-75)85-73)62(77)56-54-52-50-48-46-44-42-40-38-36-26-24-22-20-18-16-14-12-10-8-6-4-2/h54,56,61-64,66-73,75-77,79-83H,3-53,55,57-60H2,1-2H3,(H,74,78)/b56-54+. The molecule has 12 unspecified atom stereocenters. The van der Waals surface area contributed by atoms with Crippen LogP contribution in [0.15, 0.2) is 12.2 Å². The minimum Gasteiger partial charge on any atom is -0.394 e. The van der Waals surface area contributed by atoms with Crippen molar-refractivity contribution in [2.45, 2.75) is 428 Å². The maximum atomic E-state index is 13.4. The van der Waals surface area contributed by atoms with E-state index < -0.39 is 86.8 Å². The number of carbonyl (C=O) groups is 1. The molecule has 0 radical (unpaired) electrons. The van der Waals surface area contributed by atoms with E-state index in [-0.39, 0.29) is 18.9 Å². The highest BCUT2D eigenvalue weighted by Gasteiger charge is 2.51. The van der Waals surface area contributed by atoms with E-state index >= 15 is 0 Å². The van der Waals surface area contributed by atoms with E-state index in [4.69, 9.17) is 18.9 Å². The third kappa shape index (κ3) is 42.6. The van der Waals surface area contributed by atoms with Gasteiger partial charge in [0.1, 0.15) is 48.8 Å². The summed E-state index contributed by atoms with van der Waals surface area (Å²) >= 11 is 0. The average Bonchev–Trinajstić information content (AvgIpc) is 2.57. The van der Waals surface area contributed by atoms with Gasteiger partial charge in [-0.05, 0) is 19.3 Å². The third-order valence-corrected chi connectivity index (χ3v) is 18.7. The van der Waals surface area contributed by atoms with Crippen LogP contribution < -0.4 is 5.32 Å². The molecule has 14 nitrogen and oxygen atoms in total. The number of carbonyl (C=O) groups excluding carboxylic acids is 1. The normalized spacial score (nSPS) is 23.2. The van der Waals surface area contributed by atoms with Crippen LogP contribution in [0.5, 0.6) is 0 Å². The van der Waals surface area contributed by atoms with E-state index in [0.717, 1.165) is 44.9 Å². The summed E-state index contributed by atoms with van der Waals surface area (Å²) in [5.41, 5.74) is 0. The second-order valence-electron chi connectivity index (χ2n) is 26.8. The van der Waals surface area contributed by atoms with Crippen molar-refractivity contribution < 1.29 is 64.6 Å². The number of hydrogen-bond acceptors (Lipinski definition) is 13. The molecule has 2 aliphatic heterocycles. The molecule has 0 aliphatic carbocycles. The SMILES string of the molecule is CCCCCCCCCCCCCCCCCCCCCC/C=C/C(O)C(COC1OC(CO)C(OC2OC(CO)C(O)C(O)C2O)C(O)C1O)NC(=O)CCCCCCCCCCCCCCCCCCCCCCCCCCCCCCCCC. The third-order valence-electron chi connectivity index (χ3n) is 18.7. The minimum absolute atomic E-state index is 0.230. The molecule has 516 valence electrons. The van der Waals surface area contributed by atoms with E-state index in [0.29, 0.717) is 0 Å². The lowest BCUT2D eigenvalue weighted by molar-refractivity contribution is -0.359. The smallest absolute Gasteiger partial charge is 0.220 e. The first-order valence-electron chi connectivity index (χ1n) is 37.4. The molecule has 2 fully saturated rings. The lowest BCUT2D eigenvalue weighted by atomic mass is 9.97. The quantitative estimate of drug-likeness (QED) is 0.0204. The fraction of sp³-hybridized carbons (Fsp3) is 0.959. The molecule has 9 N–H and O–H groups in total. The fourth-order valence-corrected chi connectivity index (χ4v) is 12.8. The first kappa shape index (κ1) is 81.8. The Balaban J connectivity index is 1.63. The zero-order valence-corrected chi connectivity index (χ0v) is 56.3. The summed E-state index contributed by atoms with van der Waals surface area (Å²) in [6.45, 7) is 2.87. The van der Waals surface area contributed by atoms with Gasteiger partial charge in [0.05, 0.1) is 32.0 Å². The van der Waals surface area contributed by atoms with Gasteiger partial charge in [-0.1, -0.05) is 341 Å². The first-order valence-corrected chi connectivity index (χ1v) is 37.4. The molecule has 0 spiro atoms. The van der Waals surface area contributed by atoms with Crippen LogP contribution in [0, 0.1) is 0 Å². The van der Waals surface area contributed by atoms with Gasteiger partial charge in [0.15, 0.2) is 12.6 Å². The van der Waals surface area contributed by atoms with E-state index in [2.05, 4.69) is 19.2 Å². The second kappa shape index (κ2) is 58.5. The molecule has 0 saturated carbocycles. The van der Waals surface area contributed by atoms with Crippen molar-refractivity contribution in [1.82, 2.24) is 5.32 Å². The summed E-state index contributed by atoms with van der Waals surface area (Å²) in [5, 5.41) is 87.5. The second-order valence-corrected chi connectivity index (χ2v) is 26.8. The van der Waals surface area contributed by atoms with E-state index in [9.17, 15) is 45.6 Å². The summed E-state index contributed by atoms with van der Waals surface area (Å²) in [5.74, 6) is -0.230. The summed E-state index contributed by atoms with van der Waals surface area (Å²) in [4.78, 5) is 13.4. The molecule has 0 bridgehead atoms. The minimum atomic E-state index is -1.79. The molecule has 0 aromatic heterocycles. The van der Waals surface area contributed by atoms with Gasteiger partial charge < -0.3 is 65.1 Å². The first-order chi connectivity index (χ1) is 42.6. The van der Waals surface area contributed by atoms with Crippen molar-refractivity contribution in [1.29, 1.82) is 0 Å². The summed E-state index contributed by atoms with van der Waals surface area (Å²) < 4.78 is 22.9. The maximum Gasteiger partial charge on any atom is 0.220 e. The predicted octanol–water partition coefficient (Wildman–Crippen LogP) is 15.7. The number of hydrogen-bond donors (Lipinski definition) is 9. The van der Waals surface area contributed by atoms with Gasteiger partial charge in [-0.2, -0.15) is 0 Å². The Bertz CT molecular complexity index is 1510. The van der Waals surface area contributed by atoms with Gasteiger partial charge in [-0.3, -0.25) is 4.79 Å². The van der Waals surface area contributed by atoms with E-state index in [1.54, 1.807) is 6.08 Å². The molecule has 12 atom stereocenters. The van der Waals surface area contributed by atoms with E-state index in [1.165, 1.54) is 289 Å². The van der Waals surface area contributed by atoms with Crippen molar-refractivity contribution in [2.75, 3.05) is 19.8 Å². The van der Waals surface area contributed by atoms with Gasteiger partial charge in [-0.15, -0.1) is 0 Å². The van der Waals surface area contributed by atoms with Crippen molar-refractivity contribution in [2.24, 2.45) is 0 Å². The molecule has 2 rings (SSSR count). The van der Waals surface area contributed by atoms with Crippen molar-refractivity contribution in [3.8, 4) is 0 Å². The number of nitrogens with one attached hydrogen (secondary N) is 1. The fourth-order valence-electron chi connectivity index (χ4n) is 12.8. The van der Waals surface area contributed by atoms with Crippen LogP contribution in [0.1, 0.15) is 354 Å². The Morgan fingerprint density at radius 1 is 0.402 bits per heavy atom. The van der Waals surface area contributed by atoms with Crippen LogP contribution in [0.4, 0.5) is 0 Å². The lowest BCUT2D eigenvalue weighted by Crippen LogP contribution is -2.65. The summed E-state index contributed by atoms with van der Waals surface area (Å²) in [6.07, 6.45) is 55.7. The molecule has 2 heterocycles. The van der Waals surface area contributed by atoms with Crippen LogP contribution in [0.2, 0.25) is 0 Å². The zero-order valence-electron chi connectivity index (χ0n) is 56.3. The molecule has 1 amide bonds. The lowest BCUT2D eigenvalue weighted by Gasteiger charge is -2.46. The molecule has 87 heavy (non-hydrogen) atoms. The average molecular weight is 1240 g/mol. The monoisotopic (exact) mass is 1240 g/mol. The van der Waals surface area contributed by atoms with Crippen LogP contribution in [-0.4, -0.2) is 140 Å². The van der Waals surface area contributed by atoms with Gasteiger partial charge in [0.25, 0.3) is 0 Å². The Kier molecular flexibility index (Phi) is 55.1. The topological polar surface area (TPSA) is 228 Å². The number of unbranched alkanes of at least 4 members (excludes halogenated alkanes) is 50. The molecule has 0 aromatic rings. The van der Waals surface area contributed by atoms with Gasteiger partial charge in [-0.25, -0.2) is 0 Å². The molecule has 2 saturated heterocycles. The number of ether oxygens (including phenoxy) is 4. The van der Waals surface area contributed by atoms with Crippen LogP contribution in [-0.2, 0) is 23.7 Å². The Hall–Kier alpha value is -1.27. The Morgan fingerprint density at radius 3 is 1.06 bits per heavy atom. The summed E-state index contributed by atoms with van der Waals surface area (Å²) in [6, 6.07) is -0.911. The number of amides is 1. The van der Waals surface area contributed by atoms with Crippen molar-refractivity contribution in [3.63, 3.8) is 0 Å². The highest BCUT2D eigenvalue weighted by molar-refractivity contribution is 5.76. The predicted molar refractivity (Wildman–Crippen MR) is 355 cm³/mol. The molecule has 0 aromatic carbocycles. The van der Waals surface area contributed by atoms with Crippen molar-refractivity contribution in [3.05, 3.63) is 12.2 Å². The molecular weight excluding hydrogens is 1100 g/mol. The van der Waals surface area contributed by atoms with Gasteiger partial charge >= 0.3 is 0 Å². The number of aliphatic hydroxyl groups excluding tert-OH is 8. The highest BCUT2D eigenvalue weighted by atomic mass is 16.7. The van der Waals surface area contributed by atoms with Crippen LogP contribution >= 0.6 is 0 Å². The maximum absolute atomic E-state index is 13.4. The van der Waals surface area contributed by atoms with Gasteiger partial charge in [0.2, 0.25) is 5.91 Å². The van der Waals surface area contributed by atoms with E-state index in [1.807, 2.05) is 6.08 Å². The van der Waals surface area contributed by atoms with Crippen LogP contribution in [0.3, 0.4) is 0 Å². The summed E-state index contributed by atoms with van der Waals surface area (Å²) in [7, 11) is 0. The van der Waals surface area contributed by atoms with Crippen LogP contribution in [0.25, 0.3) is 0 Å². The molecular formula is C73H141NO13. The largest absolute Gasteiger partial charge is 0.394 e. The Morgan fingerprint density at radius 2 is 0.713 bits per heavy atom. The number of aliphatic hydroxyl groups is 8. The zero-order chi connectivity index (χ0) is 63.1.